The van der Waals surface area contributed by atoms with Crippen LogP contribution in [-0.4, -0.2) is 21.4 Å². The summed E-state index contributed by atoms with van der Waals surface area (Å²) in [5.74, 6) is 0. The van der Waals surface area contributed by atoms with Crippen LogP contribution in [-0.2, 0) is 6.42 Å². The maximum absolute atomic E-state index is 5.09. The molecular formula is C21H21N3. The fourth-order valence-corrected chi connectivity index (χ4v) is 3.42. The van der Waals surface area contributed by atoms with Crippen LogP contribution in [0.3, 0.4) is 0 Å². The molecule has 0 bridgehead atoms. The zero-order chi connectivity index (χ0) is 16.7. The van der Waals surface area contributed by atoms with Crippen molar-refractivity contribution in [3.63, 3.8) is 0 Å². The summed E-state index contributed by atoms with van der Waals surface area (Å²) in [5.41, 5.74) is 6.40. The van der Waals surface area contributed by atoms with Crippen LogP contribution in [0, 0.1) is 6.92 Å². The highest BCUT2D eigenvalue weighted by Gasteiger charge is 2.30. The summed E-state index contributed by atoms with van der Waals surface area (Å²) in [7, 11) is 0. The summed E-state index contributed by atoms with van der Waals surface area (Å²) < 4.78 is 0. The molecule has 1 aromatic heterocycles. The number of hydrogen-bond acceptors (Lipinski definition) is 3. The Morgan fingerprint density at radius 1 is 1.04 bits per heavy atom. The molecule has 2 aromatic carbocycles. The summed E-state index contributed by atoms with van der Waals surface area (Å²) >= 11 is 0. The number of aryl methyl sites for hydroxylation is 1. The molecule has 1 unspecified atom stereocenters. The second kappa shape index (κ2) is 5.52. The minimum absolute atomic E-state index is 0.0765. The zero-order valence-electron chi connectivity index (χ0n) is 14.4. The summed E-state index contributed by atoms with van der Waals surface area (Å²) in [5, 5.41) is 10.1. The van der Waals surface area contributed by atoms with Gasteiger partial charge in [-0.25, -0.2) is 0 Å². The fourth-order valence-electron chi connectivity index (χ4n) is 3.42. The van der Waals surface area contributed by atoms with Gasteiger partial charge in [0.05, 0.1) is 16.8 Å². The minimum atomic E-state index is -0.0765. The van der Waals surface area contributed by atoms with E-state index in [0.29, 0.717) is 0 Å². The molecule has 3 heteroatoms. The first kappa shape index (κ1) is 15.0. The van der Waals surface area contributed by atoms with Gasteiger partial charge in [0.25, 0.3) is 0 Å². The lowest BCUT2D eigenvalue weighted by atomic mass is 9.83. The van der Waals surface area contributed by atoms with E-state index in [4.69, 9.17) is 4.99 Å². The van der Waals surface area contributed by atoms with Crippen LogP contribution >= 0.6 is 0 Å². The Morgan fingerprint density at radius 3 is 2.71 bits per heavy atom. The van der Waals surface area contributed by atoms with Crippen molar-refractivity contribution in [2.45, 2.75) is 39.2 Å². The molecule has 1 aliphatic rings. The van der Waals surface area contributed by atoms with Crippen molar-refractivity contribution < 1.29 is 0 Å². The van der Waals surface area contributed by atoms with Gasteiger partial charge in [-0.3, -0.25) is 4.99 Å². The Bertz CT molecular complexity index is 958. The summed E-state index contributed by atoms with van der Waals surface area (Å²) in [6.45, 7) is 6.49. The standard InChI is InChI=1S/C21H21N3/c1-4-21(3)13-16-9-5-6-11-17(16)20(22-21)18-12-15-10-7-8-14(2)19(15)24-23-18/h5-12H,4,13H2,1-3H3. The normalized spacial score (nSPS) is 19.9. The third kappa shape index (κ3) is 2.41. The predicted molar refractivity (Wildman–Crippen MR) is 98.8 cm³/mol. The van der Waals surface area contributed by atoms with Crippen LogP contribution in [0.5, 0.6) is 0 Å². The van der Waals surface area contributed by atoms with Crippen molar-refractivity contribution in [1.29, 1.82) is 0 Å². The van der Waals surface area contributed by atoms with Crippen LogP contribution in [0.4, 0.5) is 0 Å². The fraction of sp³-hybridized carbons (Fsp3) is 0.286. The molecule has 3 nitrogen and oxygen atoms in total. The molecule has 0 spiro atoms. The van der Waals surface area contributed by atoms with Gasteiger partial charge >= 0.3 is 0 Å². The van der Waals surface area contributed by atoms with Crippen LogP contribution in [0.2, 0.25) is 0 Å². The largest absolute Gasteiger partial charge is 0.276 e. The van der Waals surface area contributed by atoms with E-state index in [0.717, 1.165) is 40.7 Å². The molecule has 24 heavy (non-hydrogen) atoms. The summed E-state index contributed by atoms with van der Waals surface area (Å²) in [6, 6.07) is 16.9. The highest BCUT2D eigenvalue weighted by atomic mass is 15.1. The Hall–Kier alpha value is -2.55. The topological polar surface area (TPSA) is 38.1 Å². The van der Waals surface area contributed by atoms with Crippen LogP contribution in [0.25, 0.3) is 10.9 Å². The number of aromatic nitrogens is 2. The molecule has 120 valence electrons. The van der Waals surface area contributed by atoms with E-state index in [1.165, 1.54) is 11.1 Å². The van der Waals surface area contributed by atoms with E-state index in [1.807, 2.05) is 0 Å². The van der Waals surface area contributed by atoms with Crippen molar-refractivity contribution in [3.05, 3.63) is 70.9 Å². The van der Waals surface area contributed by atoms with Crippen molar-refractivity contribution in [1.82, 2.24) is 10.2 Å². The smallest absolute Gasteiger partial charge is 0.112 e. The monoisotopic (exact) mass is 315 g/mol. The van der Waals surface area contributed by atoms with Gasteiger partial charge < -0.3 is 0 Å². The maximum atomic E-state index is 5.09. The van der Waals surface area contributed by atoms with Gasteiger partial charge in [-0.05, 0) is 43.9 Å². The molecule has 0 radical (unpaired) electrons. The highest BCUT2D eigenvalue weighted by molar-refractivity contribution is 6.14. The molecule has 0 saturated carbocycles. The van der Waals surface area contributed by atoms with Gasteiger partial charge in [-0.15, -0.1) is 10.2 Å². The number of benzene rings is 2. The van der Waals surface area contributed by atoms with Crippen LogP contribution < -0.4 is 0 Å². The second-order valence-electron chi connectivity index (χ2n) is 6.89. The zero-order valence-corrected chi connectivity index (χ0v) is 14.4. The molecule has 1 aliphatic heterocycles. The summed E-state index contributed by atoms with van der Waals surface area (Å²) in [4.78, 5) is 5.09. The lowest BCUT2D eigenvalue weighted by molar-refractivity contribution is 0.448. The van der Waals surface area contributed by atoms with E-state index in [1.54, 1.807) is 0 Å². The summed E-state index contributed by atoms with van der Waals surface area (Å²) in [6.07, 6.45) is 1.98. The van der Waals surface area contributed by atoms with Gasteiger partial charge in [0, 0.05) is 10.9 Å². The highest BCUT2D eigenvalue weighted by Crippen LogP contribution is 2.31. The SMILES string of the molecule is CCC1(C)Cc2ccccc2C(c2cc3cccc(C)c3nn2)=N1. The average molecular weight is 315 g/mol. The second-order valence-corrected chi connectivity index (χ2v) is 6.89. The minimum Gasteiger partial charge on any atom is -0.276 e. The molecule has 0 amide bonds. The van der Waals surface area contributed by atoms with E-state index >= 15 is 0 Å². The quantitative estimate of drug-likeness (QED) is 0.698. The molecular weight excluding hydrogens is 294 g/mol. The molecule has 0 N–H and O–H groups in total. The maximum Gasteiger partial charge on any atom is 0.112 e. The molecule has 4 rings (SSSR count). The predicted octanol–water partition coefficient (Wildman–Crippen LogP) is 4.50. The van der Waals surface area contributed by atoms with Crippen molar-refractivity contribution in [3.8, 4) is 0 Å². The first-order chi connectivity index (χ1) is 11.6. The van der Waals surface area contributed by atoms with E-state index in [2.05, 4.69) is 79.5 Å². The van der Waals surface area contributed by atoms with Crippen LogP contribution in [0.15, 0.2) is 53.5 Å². The average Bonchev–Trinajstić information content (AvgIpc) is 2.61. The Morgan fingerprint density at radius 2 is 1.88 bits per heavy atom. The van der Waals surface area contributed by atoms with Gasteiger partial charge in [0.2, 0.25) is 0 Å². The number of fused-ring (bicyclic) bond motifs is 2. The van der Waals surface area contributed by atoms with E-state index in [9.17, 15) is 0 Å². The third-order valence-electron chi connectivity index (χ3n) is 5.05. The molecule has 2 heterocycles. The van der Waals surface area contributed by atoms with Gasteiger partial charge in [0.1, 0.15) is 5.69 Å². The number of nitrogens with zero attached hydrogens (tertiary/aromatic N) is 3. The number of hydrogen-bond donors (Lipinski definition) is 0. The van der Waals surface area contributed by atoms with Crippen molar-refractivity contribution in [2.75, 3.05) is 0 Å². The molecule has 3 aromatic rings. The van der Waals surface area contributed by atoms with E-state index < -0.39 is 0 Å². The van der Waals surface area contributed by atoms with E-state index in [-0.39, 0.29) is 5.54 Å². The Balaban J connectivity index is 1.93. The first-order valence-corrected chi connectivity index (χ1v) is 8.51. The molecule has 1 atom stereocenters. The van der Waals surface area contributed by atoms with Gasteiger partial charge in [-0.1, -0.05) is 49.4 Å². The van der Waals surface area contributed by atoms with Gasteiger partial charge in [-0.2, -0.15) is 0 Å². The third-order valence-corrected chi connectivity index (χ3v) is 5.05. The molecule has 0 aliphatic carbocycles. The van der Waals surface area contributed by atoms with Crippen LogP contribution in [0.1, 0.15) is 42.7 Å². The Kier molecular flexibility index (Phi) is 3.45. The first-order valence-electron chi connectivity index (χ1n) is 8.51. The van der Waals surface area contributed by atoms with Crippen molar-refractivity contribution >= 4 is 16.6 Å². The molecule has 0 fully saturated rings. The lowest BCUT2D eigenvalue weighted by Gasteiger charge is -2.31. The number of rotatable bonds is 2. The number of aliphatic imine (C=N–C) groups is 1. The van der Waals surface area contributed by atoms with Crippen molar-refractivity contribution in [2.24, 2.45) is 4.99 Å². The van der Waals surface area contributed by atoms with Gasteiger partial charge in [0.15, 0.2) is 0 Å². The Labute approximate surface area is 142 Å². The molecule has 0 saturated heterocycles. The lowest BCUT2D eigenvalue weighted by Crippen LogP contribution is -2.32.